The van der Waals surface area contributed by atoms with Gasteiger partial charge in [-0.05, 0) is 36.1 Å². The van der Waals surface area contributed by atoms with Gasteiger partial charge < -0.3 is 15.3 Å². The predicted octanol–water partition coefficient (Wildman–Crippen LogP) is 0.287. The monoisotopic (exact) mass is 387 g/mol. The van der Waals surface area contributed by atoms with Gasteiger partial charge in [0.2, 0.25) is 11.8 Å². The maximum Gasteiger partial charge on any atom is 0.326 e. The van der Waals surface area contributed by atoms with E-state index in [-0.39, 0.29) is 42.7 Å². The zero-order valence-corrected chi connectivity index (χ0v) is 15.5. The van der Waals surface area contributed by atoms with Crippen LogP contribution in [-0.4, -0.2) is 51.7 Å². The van der Waals surface area contributed by atoms with Gasteiger partial charge in [-0.2, -0.15) is 0 Å². The normalized spacial score (nSPS) is 20.0. The van der Waals surface area contributed by atoms with Gasteiger partial charge in [0.05, 0.1) is 0 Å². The zero-order chi connectivity index (χ0) is 20.6. The van der Waals surface area contributed by atoms with Gasteiger partial charge in [-0.1, -0.05) is 13.8 Å². The molecule has 3 N–H and O–H groups in total. The van der Waals surface area contributed by atoms with E-state index >= 15 is 0 Å². The highest BCUT2D eigenvalue weighted by Crippen LogP contribution is 2.28. The molecule has 0 saturated carbocycles. The molecule has 0 spiro atoms. The largest absolute Gasteiger partial charge is 0.480 e. The molecule has 0 bridgehead atoms. The number of nitrogens with zero attached hydrogens (tertiary/aromatic N) is 1. The molecule has 3 rings (SSSR count). The van der Waals surface area contributed by atoms with Gasteiger partial charge in [0.15, 0.2) is 0 Å². The fraction of sp³-hybridized carbons (Fsp3) is 0.421. The van der Waals surface area contributed by atoms with Crippen molar-refractivity contribution in [2.75, 3.05) is 0 Å². The molecule has 1 aromatic carbocycles. The number of nitrogens with one attached hydrogen (secondary N) is 2. The van der Waals surface area contributed by atoms with E-state index in [1.54, 1.807) is 13.8 Å². The van der Waals surface area contributed by atoms with Crippen LogP contribution in [0.1, 0.15) is 53.0 Å². The number of fused-ring (bicyclic) bond motifs is 1. The third-order valence-corrected chi connectivity index (χ3v) is 5.01. The van der Waals surface area contributed by atoms with Crippen molar-refractivity contribution >= 4 is 29.6 Å². The molecule has 0 aromatic heterocycles. The summed E-state index contributed by atoms with van der Waals surface area (Å²) in [4.78, 5) is 61.1. The summed E-state index contributed by atoms with van der Waals surface area (Å²) >= 11 is 0. The number of hydrogen-bond donors (Lipinski definition) is 3. The molecule has 2 atom stereocenters. The summed E-state index contributed by atoms with van der Waals surface area (Å²) in [6.45, 7) is 3.53. The first-order valence-electron chi connectivity index (χ1n) is 9.00. The molecule has 0 aliphatic carbocycles. The molecule has 1 saturated heterocycles. The Morgan fingerprint density at radius 1 is 1.25 bits per heavy atom. The van der Waals surface area contributed by atoms with Crippen LogP contribution in [0, 0.1) is 5.92 Å². The number of rotatable bonds is 5. The molecule has 9 heteroatoms. The smallest absolute Gasteiger partial charge is 0.326 e. The van der Waals surface area contributed by atoms with E-state index in [1.165, 1.54) is 23.1 Å². The molecule has 2 heterocycles. The third-order valence-electron chi connectivity index (χ3n) is 5.01. The van der Waals surface area contributed by atoms with Crippen LogP contribution in [0.3, 0.4) is 0 Å². The Kier molecular flexibility index (Phi) is 5.17. The number of carboxylic acids is 1. The first-order valence-corrected chi connectivity index (χ1v) is 9.00. The van der Waals surface area contributed by atoms with Crippen molar-refractivity contribution in [2.24, 2.45) is 5.92 Å². The Morgan fingerprint density at radius 2 is 1.96 bits per heavy atom. The molecule has 1 aromatic rings. The summed E-state index contributed by atoms with van der Waals surface area (Å²) in [6.07, 6.45) is 0.419. The van der Waals surface area contributed by atoms with Gasteiger partial charge in [-0.3, -0.25) is 24.5 Å². The third kappa shape index (κ3) is 3.60. The lowest BCUT2D eigenvalue weighted by atomic mass is 10.0. The second kappa shape index (κ2) is 7.41. The van der Waals surface area contributed by atoms with Crippen molar-refractivity contribution in [3.05, 3.63) is 34.9 Å². The van der Waals surface area contributed by atoms with E-state index in [0.29, 0.717) is 11.1 Å². The van der Waals surface area contributed by atoms with Crippen molar-refractivity contribution in [3.8, 4) is 0 Å². The summed E-state index contributed by atoms with van der Waals surface area (Å²) in [6, 6.07) is 2.74. The summed E-state index contributed by atoms with van der Waals surface area (Å²) in [5.74, 6) is -3.15. The van der Waals surface area contributed by atoms with E-state index < -0.39 is 29.9 Å². The first kappa shape index (κ1) is 19.5. The number of imide groups is 1. The van der Waals surface area contributed by atoms with Crippen molar-refractivity contribution in [2.45, 2.75) is 45.3 Å². The topological polar surface area (TPSA) is 133 Å². The van der Waals surface area contributed by atoms with Gasteiger partial charge >= 0.3 is 5.97 Å². The molecule has 9 nitrogen and oxygen atoms in total. The second-order valence-corrected chi connectivity index (χ2v) is 7.31. The Bertz CT molecular complexity index is 878. The Morgan fingerprint density at radius 3 is 2.57 bits per heavy atom. The van der Waals surface area contributed by atoms with Gasteiger partial charge in [-0.15, -0.1) is 0 Å². The van der Waals surface area contributed by atoms with Crippen LogP contribution in [-0.2, 0) is 20.9 Å². The minimum Gasteiger partial charge on any atom is -0.480 e. The van der Waals surface area contributed by atoms with Crippen LogP contribution in [0.15, 0.2) is 18.2 Å². The lowest BCUT2D eigenvalue weighted by Gasteiger charge is -2.29. The fourth-order valence-electron chi connectivity index (χ4n) is 3.45. The fourth-order valence-corrected chi connectivity index (χ4v) is 3.45. The molecule has 148 valence electrons. The summed E-state index contributed by atoms with van der Waals surface area (Å²) in [5, 5.41) is 13.9. The molecule has 0 radical (unpaired) electrons. The van der Waals surface area contributed by atoms with Crippen molar-refractivity contribution in [3.63, 3.8) is 0 Å². The SMILES string of the molecule is CC(C)[C@@H](NC(=O)c1ccc2c(c1)CN(C1CCC(=O)NC1=O)C2=O)C(=O)O. The quantitative estimate of drug-likeness (QED) is 0.622. The van der Waals surface area contributed by atoms with Gasteiger partial charge in [0.25, 0.3) is 11.8 Å². The van der Waals surface area contributed by atoms with Crippen molar-refractivity contribution in [1.82, 2.24) is 15.5 Å². The summed E-state index contributed by atoms with van der Waals surface area (Å²) in [7, 11) is 0. The molecule has 1 fully saturated rings. The summed E-state index contributed by atoms with van der Waals surface area (Å²) in [5.41, 5.74) is 1.21. The molecule has 4 amide bonds. The van der Waals surface area contributed by atoms with Gasteiger partial charge in [0.1, 0.15) is 12.1 Å². The average Bonchev–Trinajstić information content (AvgIpc) is 2.95. The first-order chi connectivity index (χ1) is 13.2. The zero-order valence-electron chi connectivity index (χ0n) is 15.5. The van der Waals surface area contributed by atoms with Crippen LogP contribution < -0.4 is 10.6 Å². The molecule has 1 unspecified atom stereocenters. The van der Waals surface area contributed by atoms with Crippen molar-refractivity contribution < 1.29 is 29.1 Å². The summed E-state index contributed by atoms with van der Waals surface area (Å²) < 4.78 is 0. The van der Waals surface area contributed by atoms with Gasteiger partial charge in [-0.25, -0.2) is 4.79 Å². The molecule has 28 heavy (non-hydrogen) atoms. The van der Waals surface area contributed by atoms with E-state index in [0.717, 1.165) is 0 Å². The Balaban J connectivity index is 1.78. The number of carbonyl (C=O) groups is 5. The van der Waals surface area contributed by atoms with Crippen LogP contribution in [0.2, 0.25) is 0 Å². The highest BCUT2D eigenvalue weighted by atomic mass is 16.4. The Labute approximate surface area is 161 Å². The molecule has 2 aliphatic heterocycles. The standard InChI is InChI=1S/C19H21N3O6/c1-9(2)15(19(27)28)21-16(24)10-3-4-12-11(7-10)8-22(18(12)26)13-5-6-14(23)20-17(13)25/h3-4,7,9,13,15H,5-6,8H2,1-2H3,(H,21,24)(H,27,28)(H,20,23,25)/t13?,15-/m1/s1. The molecular weight excluding hydrogens is 366 g/mol. The van der Waals surface area contributed by atoms with Crippen LogP contribution in [0.4, 0.5) is 0 Å². The molecular formula is C19H21N3O6. The maximum absolute atomic E-state index is 12.6. The number of carbonyl (C=O) groups excluding carboxylic acids is 4. The van der Waals surface area contributed by atoms with E-state index in [2.05, 4.69) is 10.6 Å². The van der Waals surface area contributed by atoms with E-state index in [9.17, 15) is 29.1 Å². The van der Waals surface area contributed by atoms with Gasteiger partial charge in [0, 0.05) is 24.1 Å². The highest BCUT2D eigenvalue weighted by molar-refractivity contribution is 6.06. The molecule has 2 aliphatic rings. The van der Waals surface area contributed by atoms with Crippen LogP contribution in [0.5, 0.6) is 0 Å². The van der Waals surface area contributed by atoms with E-state index in [1.807, 2.05) is 0 Å². The Hall–Kier alpha value is -3.23. The van der Waals surface area contributed by atoms with Crippen LogP contribution >= 0.6 is 0 Å². The van der Waals surface area contributed by atoms with Crippen LogP contribution in [0.25, 0.3) is 0 Å². The number of amides is 4. The number of hydrogen-bond acceptors (Lipinski definition) is 5. The average molecular weight is 387 g/mol. The van der Waals surface area contributed by atoms with Crippen molar-refractivity contribution in [1.29, 1.82) is 0 Å². The maximum atomic E-state index is 12.6. The second-order valence-electron chi connectivity index (χ2n) is 7.31. The van der Waals surface area contributed by atoms with E-state index in [4.69, 9.17) is 0 Å². The number of aliphatic carboxylic acids is 1. The lowest BCUT2D eigenvalue weighted by Crippen LogP contribution is -2.52. The highest BCUT2D eigenvalue weighted by Gasteiger charge is 2.39. The number of piperidine rings is 1. The predicted molar refractivity (Wildman–Crippen MR) is 96.2 cm³/mol. The minimum atomic E-state index is -1.12. The lowest BCUT2D eigenvalue weighted by molar-refractivity contribution is -0.140. The number of benzene rings is 1. The number of carboxylic acid groups (broad SMARTS) is 1. The minimum absolute atomic E-state index is 0.147.